The molecule has 3 rings (SSSR count). The fourth-order valence-electron chi connectivity index (χ4n) is 2.26. The van der Waals surface area contributed by atoms with Crippen molar-refractivity contribution < 1.29 is 23.1 Å². The maximum atomic E-state index is 12.7. The molecule has 1 saturated heterocycles. The number of carbonyl (C=O) groups is 1. The van der Waals surface area contributed by atoms with Crippen molar-refractivity contribution in [2.24, 2.45) is 10.2 Å². The van der Waals surface area contributed by atoms with E-state index in [2.05, 4.69) is 10.2 Å². The molecule has 1 N–H and O–H groups in total. The van der Waals surface area contributed by atoms with Crippen molar-refractivity contribution in [2.75, 3.05) is 7.05 Å². The number of benzene rings is 2. The number of rotatable bonds is 3. The fraction of sp³-hybridized carbons (Fsp3) is 0.111. The Morgan fingerprint density at radius 1 is 1.14 bits per heavy atom. The second-order valence-corrected chi connectivity index (χ2v) is 7.41. The van der Waals surface area contributed by atoms with Crippen molar-refractivity contribution in [2.45, 2.75) is 6.18 Å². The number of thioether (sulfide) groups is 1. The van der Waals surface area contributed by atoms with E-state index in [1.165, 1.54) is 41.3 Å². The van der Waals surface area contributed by atoms with Gasteiger partial charge in [0.1, 0.15) is 10.1 Å². The first kappa shape index (κ1) is 20.0. The van der Waals surface area contributed by atoms with Gasteiger partial charge in [-0.1, -0.05) is 30.0 Å². The van der Waals surface area contributed by atoms with Gasteiger partial charge in [0, 0.05) is 18.7 Å². The molecule has 1 fully saturated rings. The number of hydrogen-bond donors (Lipinski definition) is 1. The van der Waals surface area contributed by atoms with E-state index in [9.17, 15) is 23.1 Å². The molecule has 0 saturated carbocycles. The molecule has 0 unspecified atom stereocenters. The van der Waals surface area contributed by atoms with Crippen LogP contribution in [0.1, 0.15) is 11.1 Å². The average molecular weight is 423 g/mol. The Kier molecular flexibility index (Phi) is 5.52. The number of halogens is 3. The van der Waals surface area contributed by atoms with Gasteiger partial charge in [-0.05, 0) is 36.4 Å². The molecular formula is C18H12F3N3O2S2. The monoisotopic (exact) mass is 423 g/mol. The van der Waals surface area contributed by atoms with Crippen LogP contribution in [0.4, 0.5) is 24.5 Å². The highest BCUT2D eigenvalue weighted by atomic mass is 32.2. The number of thiocarbonyl (C=S) groups is 1. The van der Waals surface area contributed by atoms with Crippen molar-refractivity contribution in [3.8, 4) is 5.75 Å². The van der Waals surface area contributed by atoms with Crippen molar-refractivity contribution in [1.29, 1.82) is 0 Å². The summed E-state index contributed by atoms with van der Waals surface area (Å²) >= 11 is 6.17. The lowest BCUT2D eigenvalue weighted by Crippen LogP contribution is -2.22. The third-order valence-electron chi connectivity index (χ3n) is 3.74. The molecule has 2 aromatic rings. The third-order valence-corrected chi connectivity index (χ3v) is 5.23. The molecule has 0 radical (unpaired) electrons. The van der Waals surface area contributed by atoms with Crippen LogP contribution in [0, 0.1) is 0 Å². The second-order valence-electron chi connectivity index (χ2n) is 5.73. The zero-order valence-electron chi connectivity index (χ0n) is 14.3. The highest BCUT2D eigenvalue weighted by molar-refractivity contribution is 8.26. The minimum atomic E-state index is -4.47. The van der Waals surface area contributed by atoms with E-state index in [1.54, 1.807) is 7.05 Å². The number of carbonyl (C=O) groups excluding carboxylic acids is 1. The van der Waals surface area contributed by atoms with Gasteiger partial charge in [0.15, 0.2) is 0 Å². The summed E-state index contributed by atoms with van der Waals surface area (Å²) in [5, 5.41) is 17.8. The van der Waals surface area contributed by atoms with E-state index in [4.69, 9.17) is 12.2 Å². The summed E-state index contributed by atoms with van der Waals surface area (Å²) in [6, 6.07) is 8.80. The molecule has 144 valence electrons. The molecule has 5 nitrogen and oxygen atoms in total. The number of hydrogen-bond acceptors (Lipinski definition) is 6. The highest BCUT2D eigenvalue weighted by Crippen LogP contribution is 2.35. The first-order valence-electron chi connectivity index (χ1n) is 7.79. The maximum absolute atomic E-state index is 12.7. The molecule has 0 aliphatic carbocycles. The Morgan fingerprint density at radius 2 is 1.82 bits per heavy atom. The predicted octanol–water partition coefficient (Wildman–Crippen LogP) is 5.66. The lowest BCUT2D eigenvalue weighted by atomic mass is 10.1. The summed E-state index contributed by atoms with van der Waals surface area (Å²) in [7, 11) is 1.57. The fourth-order valence-corrected chi connectivity index (χ4v) is 3.43. The Balaban J connectivity index is 1.81. The van der Waals surface area contributed by atoms with Crippen LogP contribution in [-0.2, 0) is 11.0 Å². The van der Waals surface area contributed by atoms with Crippen LogP contribution in [0.3, 0.4) is 0 Å². The Hall–Kier alpha value is -2.72. The minimum absolute atomic E-state index is 0.0324. The van der Waals surface area contributed by atoms with Gasteiger partial charge in [-0.15, -0.1) is 0 Å². The lowest BCUT2D eigenvalue weighted by molar-refractivity contribution is -0.137. The molecule has 1 heterocycles. The Labute approximate surface area is 167 Å². The van der Waals surface area contributed by atoms with Crippen LogP contribution < -0.4 is 0 Å². The van der Waals surface area contributed by atoms with Gasteiger partial charge >= 0.3 is 6.18 Å². The summed E-state index contributed by atoms with van der Waals surface area (Å²) in [6.07, 6.45) is -2.96. The number of alkyl halides is 3. The average Bonchev–Trinajstić information content (AvgIpc) is 2.88. The van der Waals surface area contributed by atoms with Crippen LogP contribution >= 0.6 is 24.0 Å². The minimum Gasteiger partial charge on any atom is -0.507 e. The molecule has 28 heavy (non-hydrogen) atoms. The van der Waals surface area contributed by atoms with E-state index >= 15 is 0 Å². The molecular weight excluding hydrogens is 411 g/mol. The molecule has 0 aromatic heterocycles. The summed E-state index contributed by atoms with van der Waals surface area (Å²) in [4.78, 5) is 13.7. The number of phenols is 1. The van der Waals surface area contributed by atoms with Crippen molar-refractivity contribution in [3.63, 3.8) is 0 Å². The van der Waals surface area contributed by atoms with Gasteiger partial charge in [0.25, 0.3) is 5.91 Å². The van der Waals surface area contributed by atoms with Gasteiger partial charge in [0.05, 0.1) is 21.8 Å². The normalized spacial score (nSPS) is 16.6. The van der Waals surface area contributed by atoms with Gasteiger partial charge in [-0.2, -0.15) is 23.4 Å². The first-order valence-corrected chi connectivity index (χ1v) is 9.01. The first-order chi connectivity index (χ1) is 13.1. The summed E-state index contributed by atoms with van der Waals surface area (Å²) < 4.78 is 38.6. The quantitative estimate of drug-likeness (QED) is 0.393. The molecule has 1 aliphatic heterocycles. The molecule has 0 spiro atoms. The van der Waals surface area contributed by atoms with Crippen LogP contribution in [0.25, 0.3) is 6.08 Å². The molecule has 10 heteroatoms. The third kappa shape index (κ3) is 4.39. The van der Waals surface area contributed by atoms with Crippen LogP contribution in [0.5, 0.6) is 5.75 Å². The summed E-state index contributed by atoms with van der Waals surface area (Å²) in [5.41, 5.74) is -0.164. The molecule has 0 bridgehead atoms. The van der Waals surface area contributed by atoms with E-state index in [0.29, 0.717) is 14.8 Å². The van der Waals surface area contributed by atoms with E-state index in [-0.39, 0.29) is 23.0 Å². The van der Waals surface area contributed by atoms with Gasteiger partial charge < -0.3 is 5.11 Å². The SMILES string of the molecule is CN1C(=O)/C(=C\c2ccc(N=Nc3cccc(C(F)(F)F)c3)cc2O)SC1=S. The van der Waals surface area contributed by atoms with Crippen LogP contribution in [-0.4, -0.2) is 27.3 Å². The van der Waals surface area contributed by atoms with Crippen LogP contribution in [0.15, 0.2) is 57.6 Å². The molecule has 2 aromatic carbocycles. The Morgan fingerprint density at radius 3 is 2.39 bits per heavy atom. The smallest absolute Gasteiger partial charge is 0.416 e. The topological polar surface area (TPSA) is 65.3 Å². The van der Waals surface area contributed by atoms with Crippen molar-refractivity contribution in [3.05, 3.63) is 58.5 Å². The molecule has 1 aliphatic rings. The maximum Gasteiger partial charge on any atom is 0.416 e. The standard InChI is InChI=1S/C18H12F3N3O2S2/c1-24-16(26)15(28-17(24)27)7-10-5-6-13(9-14(10)25)23-22-12-4-2-3-11(8-12)18(19,20)21/h2-9,25H,1H3/b15-7+,23-22?. The summed E-state index contributed by atoms with van der Waals surface area (Å²) in [6.45, 7) is 0. The van der Waals surface area contributed by atoms with Gasteiger partial charge in [-0.3, -0.25) is 9.69 Å². The zero-order valence-corrected chi connectivity index (χ0v) is 15.9. The van der Waals surface area contributed by atoms with Gasteiger partial charge in [0.2, 0.25) is 0 Å². The zero-order chi connectivity index (χ0) is 20.5. The van der Waals surface area contributed by atoms with Crippen LogP contribution in [0.2, 0.25) is 0 Å². The largest absolute Gasteiger partial charge is 0.507 e. The number of phenolic OH excluding ortho intramolecular Hbond substituents is 1. The molecule has 1 amide bonds. The lowest BCUT2D eigenvalue weighted by Gasteiger charge is -2.06. The number of likely N-dealkylation sites (N-methyl/N-ethyl adjacent to an activating group) is 1. The molecule has 0 atom stereocenters. The predicted molar refractivity (Wildman–Crippen MR) is 105 cm³/mol. The van der Waals surface area contributed by atoms with Crippen molar-refractivity contribution in [1.82, 2.24) is 4.90 Å². The van der Waals surface area contributed by atoms with E-state index in [0.717, 1.165) is 23.9 Å². The van der Waals surface area contributed by atoms with E-state index < -0.39 is 11.7 Å². The summed E-state index contributed by atoms with van der Waals surface area (Å²) in [5.74, 6) is -0.412. The number of nitrogens with zero attached hydrogens (tertiary/aromatic N) is 3. The van der Waals surface area contributed by atoms with Crippen molar-refractivity contribution >= 4 is 51.7 Å². The second kappa shape index (κ2) is 7.72. The highest BCUT2D eigenvalue weighted by Gasteiger charge is 2.30. The number of aromatic hydroxyl groups is 1. The number of amides is 1. The van der Waals surface area contributed by atoms with E-state index in [1.807, 2.05) is 0 Å². The Bertz CT molecular complexity index is 1020. The van der Waals surface area contributed by atoms with Gasteiger partial charge in [-0.25, -0.2) is 0 Å². The number of azo groups is 1.